The number of rotatable bonds is 13. The predicted octanol–water partition coefficient (Wildman–Crippen LogP) is 4.45. The van der Waals surface area contributed by atoms with E-state index in [1.54, 1.807) is 12.1 Å². The third-order valence-corrected chi connectivity index (χ3v) is 7.32. The van der Waals surface area contributed by atoms with Crippen molar-refractivity contribution in [2.45, 2.75) is 57.4 Å². The standard InChI is InChI=1S/C30H37F2N3O4/c31-23-18-21(19-24(32)20-23)11-16-39-17-12-29(38)35(25-4-2-1-3-5-25)15-14-33-13-10-22-6-8-27(36)30-26(22)7-9-28(37)34-30/h6-9,18-20,25,33,36H,1-5,10-17H2,(H,34,37). The quantitative estimate of drug-likeness (QED) is 0.278. The molecule has 0 aliphatic heterocycles. The molecule has 1 aliphatic carbocycles. The number of aromatic amines is 1. The smallest absolute Gasteiger partial charge is 0.248 e. The molecule has 3 N–H and O–H groups in total. The Morgan fingerprint density at radius 3 is 2.54 bits per heavy atom. The molecule has 0 spiro atoms. The molecule has 0 saturated heterocycles. The maximum Gasteiger partial charge on any atom is 0.248 e. The molecule has 4 rings (SSSR count). The minimum Gasteiger partial charge on any atom is -0.506 e. The number of hydrogen-bond acceptors (Lipinski definition) is 5. The minimum absolute atomic E-state index is 0.0490. The second-order valence-corrected chi connectivity index (χ2v) is 10.1. The van der Waals surface area contributed by atoms with E-state index in [0.717, 1.165) is 42.7 Å². The monoisotopic (exact) mass is 541 g/mol. The molecule has 9 heteroatoms. The van der Waals surface area contributed by atoms with Crippen LogP contribution in [0, 0.1) is 11.6 Å². The Balaban J connectivity index is 1.23. The summed E-state index contributed by atoms with van der Waals surface area (Å²) in [6.07, 6.45) is 6.83. The van der Waals surface area contributed by atoms with Crippen LogP contribution in [0.1, 0.15) is 49.7 Å². The molecule has 7 nitrogen and oxygen atoms in total. The largest absolute Gasteiger partial charge is 0.506 e. The normalized spacial score (nSPS) is 14.1. The lowest BCUT2D eigenvalue weighted by atomic mass is 9.94. The molecule has 39 heavy (non-hydrogen) atoms. The molecule has 3 aromatic rings. The van der Waals surface area contributed by atoms with Gasteiger partial charge in [0.2, 0.25) is 11.5 Å². The van der Waals surface area contributed by atoms with E-state index in [4.69, 9.17) is 4.74 Å². The number of aromatic hydroxyl groups is 1. The van der Waals surface area contributed by atoms with Crippen molar-refractivity contribution in [3.8, 4) is 5.75 Å². The lowest BCUT2D eigenvalue weighted by Crippen LogP contribution is -2.45. The summed E-state index contributed by atoms with van der Waals surface area (Å²) in [7, 11) is 0. The summed E-state index contributed by atoms with van der Waals surface area (Å²) in [5.74, 6) is -1.10. The first-order valence-corrected chi connectivity index (χ1v) is 13.8. The van der Waals surface area contributed by atoms with Crippen molar-refractivity contribution in [3.63, 3.8) is 0 Å². The van der Waals surface area contributed by atoms with Crippen LogP contribution < -0.4 is 10.9 Å². The number of hydrogen-bond donors (Lipinski definition) is 3. The fourth-order valence-corrected chi connectivity index (χ4v) is 5.32. The fourth-order valence-electron chi connectivity index (χ4n) is 5.32. The van der Waals surface area contributed by atoms with E-state index in [-0.39, 0.29) is 36.3 Å². The van der Waals surface area contributed by atoms with Gasteiger partial charge in [0.1, 0.15) is 17.4 Å². The maximum atomic E-state index is 13.3. The molecule has 1 heterocycles. The Kier molecular flexibility index (Phi) is 10.4. The summed E-state index contributed by atoms with van der Waals surface area (Å²) >= 11 is 0. The molecule has 0 bridgehead atoms. The summed E-state index contributed by atoms with van der Waals surface area (Å²) in [5.41, 5.74) is 1.74. The highest BCUT2D eigenvalue weighted by Crippen LogP contribution is 2.25. The van der Waals surface area contributed by atoms with E-state index in [1.807, 2.05) is 11.0 Å². The van der Waals surface area contributed by atoms with E-state index >= 15 is 0 Å². The van der Waals surface area contributed by atoms with Gasteiger partial charge >= 0.3 is 0 Å². The first-order chi connectivity index (χ1) is 18.9. The number of fused-ring (bicyclic) bond motifs is 1. The Morgan fingerprint density at radius 1 is 1.00 bits per heavy atom. The number of halogens is 2. The number of phenolic OH excluding ortho intramolecular Hbond substituents is 1. The number of ether oxygens (including phenoxy) is 1. The Labute approximate surface area is 227 Å². The molecule has 1 saturated carbocycles. The van der Waals surface area contributed by atoms with Crippen LogP contribution in [0.15, 0.2) is 47.3 Å². The van der Waals surface area contributed by atoms with Crippen LogP contribution in [0.25, 0.3) is 10.9 Å². The molecule has 0 radical (unpaired) electrons. The number of pyridine rings is 1. The van der Waals surface area contributed by atoms with E-state index in [2.05, 4.69) is 10.3 Å². The molecule has 210 valence electrons. The number of H-pyrrole nitrogens is 1. The molecule has 2 aromatic carbocycles. The van der Waals surface area contributed by atoms with Gasteiger partial charge in [-0.2, -0.15) is 0 Å². The van der Waals surface area contributed by atoms with Crippen molar-refractivity contribution in [1.82, 2.24) is 15.2 Å². The Hall–Kier alpha value is -3.30. The summed E-state index contributed by atoms with van der Waals surface area (Å²) in [6, 6.07) is 10.3. The second-order valence-electron chi connectivity index (χ2n) is 10.1. The number of aromatic nitrogens is 1. The van der Waals surface area contributed by atoms with E-state index in [9.17, 15) is 23.5 Å². The molecule has 1 fully saturated rings. The van der Waals surface area contributed by atoms with Gasteiger partial charge in [-0.25, -0.2) is 8.78 Å². The van der Waals surface area contributed by atoms with Gasteiger partial charge in [-0.3, -0.25) is 9.59 Å². The number of carbonyl (C=O) groups is 1. The summed E-state index contributed by atoms with van der Waals surface area (Å²) in [5, 5.41) is 14.3. The van der Waals surface area contributed by atoms with Crippen molar-refractivity contribution >= 4 is 16.8 Å². The third-order valence-electron chi connectivity index (χ3n) is 7.32. The molecular weight excluding hydrogens is 504 g/mol. The van der Waals surface area contributed by atoms with Gasteiger partial charge in [0.05, 0.1) is 25.2 Å². The van der Waals surface area contributed by atoms with Crippen molar-refractivity contribution in [3.05, 3.63) is 75.6 Å². The third kappa shape index (κ3) is 8.34. The van der Waals surface area contributed by atoms with Gasteiger partial charge in [-0.05, 0) is 67.6 Å². The van der Waals surface area contributed by atoms with Crippen molar-refractivity contribution < 1.29 is 23.4 Å². The molecule has 0 atom stereocenters. The number of carbonyl (C=O) groups excluding carboxylic acids is 1. The highest BCUT2D eigenvalue weighted by Gasteiger charge is 2.24. The van der Waals surface area contributed by atoms with E-state index in [1.165, 1.54) is 24.6 Å². The maximum absolute atomic E-state index is 13.3. The number of nitrogens with zero attached hydrogens (tertiary/aromatic N) is 1. The lowest BCUT2D eigenvalue weighted by molar-refractivity contribution is -0.135. The molecule has 1 aromatic heterocycles. The predicted molar refractivity (Wildman–Crippen MR) is 147 cm³/mol. The van der Waals surface area contributed by atoms with Crippen LogP contribution in [-0.4, -0.2) is 59.8 Å². The SMILES string of the molecule is O=C(CCOCCc1cc(F)cc(F)c1)N(CCNCCc1ccc(O)c2[nH]c(=O)ccc12)C1CCCCC1. The highest BCUT2D eigenvalue weighted by molar-refractivity contribution is 5.87. The molecule has 1 amide bonds. The zero-order chi connectivity index (χ0) is 27.6. The van der Waals surface area contributed by atoms with Crippen LogP contribution in [-0.2, 0) is 22.4 Å². The zero-order valence-corrected chi connectivity index (χ0v) is 22.2. The highest BCUT2D eigenvalue weighted by atomic mass is 19.1. The lowest BCUT2D eigenvalue weighted by Gasteiger charge is -2.34. The second kappa shape index (κ2) is 14.2. The first-order valence-electron chi connectivity index (χ1n) is 13.8. The van der Waals surface area contributed by atoms with Crippen LogP contribution in [0.3, 0.4) is 0 Å². The van der Waals surface area contributed by atoms with Gasteiger partial charge in [0, 0.05) is 36.7 Å². The Bertz CT molecular complexity index is 1290. The van der Waals surface area contributed by atoms with Crippen LogP contribution in [0.5, 0.6) is 5.75 Å². The molecule has 0 unspecified atom stereocenters. The fraction of sp³-hybridized carbons (Fsp3) is 0.467. The van der Waals surface area contributed by atoms with Gasteiger partial charge in [0.25, 0.3) is 0 Å². The summed E-state index contributed by atoms with van der Waals surface area (Å²) < 4.78 is 32.3. The summed E-state index contributed by atoms with van der Waals surface area (Å²) in [4.78, 5) is 29.4. The van der Waals surface area contributed by atoms with Crippen molar-refractivity contribution in [2.24, 2.45) is 0 Å². The van der Waals surface area contributed by atoms with Gasteiger partial charge in [-0.1, -0.05) is 25.3 Å². The topological polar surface area (TPSA) is 94.7 Å². The summed E-state index contributed by atoms with van der Waals surface area (Å²) in [6.45, 7) is 2.51. The Morgan fingerprint density at radius 2 is 1.77 bits per heavy atom. The van der Waals surface area contributed by atoms with Gasteiger partial charge in [-0.15, -0.1) is 0 Å². The van der Waals surface area contributed by atoms with Crippen LogP contribution in [0.4, 0.5) is 8.78 Å². The van der Waals surface area contributed by atoms with E-state index < -0.39 is 11.6 Å². The van der Waals surface area contributed by atoms with Crippen LogP contribution >= 0.6 is 0 Å². The molecular formula is C30H37F2N3O4. The van der Waals surface area contributed by atoms with Crippen molar-refractivity contribution in [1.29, 1.82) is 0 Å². The number of phenols is 1. The minimum atomic E-state index is -0.607. The zero-order valence-electron chi connectivity index (χ0n) is 22.2. The number of nitrogens with one attached hydrogen (secondary N) is 2. The average molecular weight is 542 g/mol. The van der Waals surface area contributed by atoms with E-state index in [0.29, 0.717) is 50.2 Å². The van der Waals surface area contributed by atoms with Crippen LogP contribution in [0.2, 0.25) is 0 Å². The van der Waals surface area contributed by atoms with Gasteiger partial charge < -0.3 is 25.0 Å². The van der Waals surface area contributed by atoms with Gasteiger partial charge in [0.15, 0.2) is 0 Å². The molecule has 1 aliphatic rings. The number of amides is 1. The van der Waals surface area contributed by atoms with Crippen molar-refractivity contribution in [2.75, 3.05) is 32.8 Å². The number of benzene rings is 2. The average Bonchev–Trinajstić information content (AvgIpc) is 2.91. The first kappa shape index (κ1) is 28.7.